The normalized spacial score (nSPS) is 11.6. The van der Waals surface area contributed by atoms with E-state index < -0.39 is 4.92 Å². The Morgan fingerprint density at radius 2 is 1.81 bits per heavy atom. The van der Waals surface area contributed by atoms with E-state index in [4.69, 9.17) is 5.26 Å². The van der Waals surface area contributed by atoms with E-state index in [1.54, 1.807) is 24.3 Å². The Morgan fingerprint density at radius 3 is 2.33 bits per heavy atom. The minimum atomic E-state index is -0.406. The van der Waals surface area contributed by atoms with Crippen molar-refractivity contribution in [1.29, 1.82) is 5.26 Å². The Kier molecular flexibility index (Phi) is 4.64. The maximum Gasteiger partial charge on any atom is 0.269 e. The molecule has 0 spiro atoms. The van der Waals surface area contributed by atoms with Crippen LogP contribution in [0.1, 0.15) is 29.7 Å². The van der Waals surface area contributed by atoms with Crippen LogP contribution >= 0.6 is 0 Å². The van der Waals surface area contributed by atoms with E-state index >= 15 is 0 Å². The molecule has 0 aliphatic heterocycles. The van der Waals surface area contributed by atoms with Crippen molar-refractivity contribution >= 4 is 5.69 Å². The van der Waals surface area contributed by atoms with Gasteiger partial charge in [-0.05, 0) is 30.2 Å². The van der Waals surface area contributed by atoms with E-state index in [0.29, 0.717) is 12.1 Å². The fraction of sp³-hybridized carbons (Fsp3) is 0.188. The lowest BCUT2D eigenvalue weighted by Crippen LogP contribution is -2.18. The zero-order valence-corrected chi connectivity index (χ0v) is 11.6. The molecule has 0 aliphatic rings. The lowest BCUT2D eigenvalue weighted by atomic mass is 10.1. The monoisotopic (exact) mass is 281 g/mol. The molecule has 5 nitrogen and oxygen atoms in total. The highest BCUT2D eigenvalue weighted by Gasteiger charge is 2.07. The summed E-state index contributed by atoms with van der Waals surface area (Å²) in [5.41, 5.74) is 2.82. The largest absolute Gasteiger partial charge is 0.306 e. The number of hydrogen-bond donors (Lipinski definition) is 1. The number of nitro benzene ring substituents is 1. The standard InChI is InChI=1S/C16H15N3O2/c1-12(15-6-2-13(10-17)3-7-15)18-11-14-4-8-16(9-5-14)19(20)21/h2-9,12,18H,11H2,1H3. The van der Waals surface area contributed by atoms with Crippen molar-refractivity contribution in [2.45, 2.75) is 19.5 Å². The molecule has 0 saturated heterocycles. The zero-order valence-electron chi connectivity index (χ0n) is 11.6. The molecule has 5 heteroatoms. The second-order valence-electron chi connectivity index (χ2n) is 4.76. The topological polar surface area (TPSA) is 79.0 Å². The summed E-state index contributed by atoms with van der Waals surface area (Å²) in [4.78, 5) is 10.2. The molecule has 2 aromatic rings. The van der Waals surface area contributed by atoms with Crippen LogP contribution in [0.2, 0.25) is 0 Å². The van der Waals surface area contributed by atoms with Crippen molar-refractivity contribution in [1.82, 2.24) is 5.32 Å². The number of nitro groups is 1. The minimum absolute atomic E-state index is 0.0962. The molecule has 0 radical (unpaired) electrons. The van der Waals surface area contributed by atoms with Gasteiger partial charge in [0.1, 0.15) is 0 Å². The fourth-order valence-corrected chi connectivity index (χ4v) is 1.97. The predicted molar refractivity (Wildman–Crippen MR) is 79.5 cm³/mol. The average molecular weight is 281 g/mol. The summed E-state index contributed by atoms with van der Waals surface area (Å²) >= 11 is 0. The van der Waals surface area contributed by atoms with Gasteiger partial charge >= 0.3 is 0 Å². The summed E-state index contributed by atoms with van der Waals surface area (Å²) in [5.74, 6) is 0. The summed E-state index contributed by atoms with van der Waals surface area (Å²) in [6.07, 6.45) is 0. The highest BCUT2D eigenvalue weighted by molar-refractivity contribution is 5.34. The van der Waals surface area contributed by atoms with Gasteiger partial charge in [-0.2, -0.15) is 5.26 Å². The van der Waals surface area contributed by atoms with Gasteiger partial charge in [0.25, 0.3) is 5.69 Å². The molecular formula is C16H15N3O2. The summed E-state index contributed by atoms with van der Waals surface area (Å²) < 4.78 is 0. The lowest BCUT2D eigenvalue weighted by Gasteiger charge is -2.14. The highest BCUT2D eigenvalue weighted by Crippen LogP contribution is 2.15. The highest BCUT2D eigenvalue weighted by atomic mass is 16.6. The number of nitriles is 1. The molecular weight excluding hydrogens is 266 g/mol. The SMILES string of the molecule is CC(NCc1ccc([N+](=O)[O-])cc1)c1ccc(C#N)cc1. The first-order valence-electron chi connectivity index (χ1n) is 6.57. The minimum Gasteiger partial charge on any atom is -0.306 e. The Bertz CT molecular complexity index is 657. The van der Waals surface area contributed by atoms with Crippen LogP contribution in [0.5, 0.6) is 0 Å². The Hall–Kier alpha value is -2.71. The molecule has 0 saturated carbocycles. The molecule has 2 rings (SSSR count). The van der Waals surface area contributed by atoms with Gasteiger partial charge in [0, 0.05) is 24.7 Å². The van der Waals surface area contributed by atoms with Gasteiger partial charge in [-0.25, -0.2) is 0 Å². The van der Waals surface area contributed by atoms with E-state index in [1.165, 1.54) is 12.1 Å². The first-order chi connectivity index (χ1) is 10.1. The van der Waals surface area contributed by atoms with Crippen molar-refractivity contribution in [2.24, 2.45) is 0 Å². The van der Waals surface area contributed by atoms with Crippen molar-refractivity contribution in [2.75, 3.05) is 0 Å². The molecule has 21 heavy (non-hydrogen) atoms. The van der Waals surface area contributed by atoms with Gasteiger partial charge in [0.15, 0.2) is 0 Å². The lowest BCUT2D eigenvalue weighted by molar-refractivity contribution is -0.384. The number of benzene rings is 2. The molecule has 0 amide bonds. The van der Waals surface area contributed by atoms with Gasteiger partial charge in [-0.1, -0.05) is 24.3 Å². The summed E-state index contributed by atoms with van der Waals surface area (Å²) in [7, 11) is 0. The summed E-state index contributed by atoms with van der Waals surface area (Å²) in [6.45, 7) is 2.66. The molecule has 0 aliphatic carbocycles. The maximum atomic E-state index is 10.6. The molecule has 0 fully saturated rings. The third-order valence-electron chi connectivity index (χ3n) is 3.30. The van der Waals surface area contributed by atoms with Crippen molar-refractivity contribution in [3.05, 3.63) is 75.3 Å². The van der Waals surface area contributed by atoms with E-state index in [-0.39, 0.29) is 11.7 Å². The molecule has 106 valence electrons. The van der Waals surface area contributed by atoms with Crippen LogP contribution in [0.15, 0.2) is 48.5 Å². The smallest absolute Gasteiger partial charge is 0.269 e. The number of rotatable bonds is 5. The first-order valence-corrected chi connectivity index (χ1v) is 6.57. The molecule has 2 aromatic carbocycles. The number of non-ortho nitro benzene ring substituents is 1. The van der Waals surface area contributed by atoms with Crippen LogP contribution in [0.4, 0.5) is 5.69 Å². The first kappa shape index (κ1) is 14.7. The fourth-order valence-electron chi connectivity index (χ4n) is 1.97. The second kappa shape index (κ2) is 6.64. The Morgan fingerprint density at radius 1 is 1.19 bits per heavy atom. The summed E-state index contributed by atoms with van der Waals surface area (Å²) in [6, 6.07) is 16.1. The molecule has 0 bridgehead atoms. The molecule has 1 atom stereocenters. The second-order valence-corrected chi connectivity index (χ2v) is 4.76. The van der Waals surface area contributed by atoms with Crippen LogP contribution in [0.25, 0.3) is 0 Å². The third kappa shape index (κ3) is 3.88. The van der Waals surface area contributed by atoms with Gasteiger partial charge in [-0.3, -0.25) is 10.1 Å². The molecule has 1 N–H and O–H groups in total. The van der Waals surface area contributed by atoms with E-state index in [1.807, 2.05) is 19.1 Å². The quantitative estimate of drug-likeness (QED) is 0.673. The van der Waals surface area contributed by atoms with E-state index in [2.05, 4.69) is 11.4 Å². The predicted octanol–water partition coefficient (Wildman–Crippen LogP) is 3.32. The van der Waals surface area contributed by atoms with Gasteiger partial charge < -0.3 is 5.32 Å². The van der Waals surface area contributed by atoms with Crippen molar-refractivity contribution in [3.8, 4) is 6.07 Å². The van der Waals surface area contributed by atoms with Gasteiger partial charge in [0.2, 0.25) is 0 Å². The van der Waals surface area contributed by atoms with Gasteiger partial charge in [0.05, 0.1) is 16.6 Å². The van der Waals surface area contributed by atoms with Crippen LogP contribution in [-0.2, 0) is 6.54 Å². The van der Waals surface area contributed by atoms with Crippen LogP contribution in [0.3, 0.4) is 0 Å². The Labute approximate surface area is 123 Å². The average Bonchev–Trinajstić information content (AvgIpc) is 2.53. The number of hydrogen-bond acceptors (Lipinski definition) is 4. The zero-order chi connectivity index (χ0) is 15.2. The van der Waals surface area contributed by atoms with E-state index in [9.17, 15) is 10.1 Å². The van der Waals surface area contributed by atoms with Crippen molar-refractivity contribution < 1.29 is 4.92 Å². The van der Waals surface area contributed by atoms with Crippen LogP contribution in [-0.4, -0.2) is 4.92 Å². The third-order valence-corrected chi connectivity index (χ3v) is 3.30. The van der Waals surface area contributed by atoms with Crippen LogP contribution < -0.4 is 5.32 Å². The van der Waals surface area contributed by atoms with Crippen LogP contribution in [0, 0.1) is 21.4 Å². The van der Waals surface area contributed by atoms with E-state index in [0.717, 1.165) is 11.1 Å². The number of nitrogens with one attached hydrogen (secondary N) is 1. The molecule has 0 aromatic heterocycles. The van der Waals surface area contributed by atoms with Gasteiger partial charge in [-0.15, -0.1) is 0 Å². The molecule has 1 unspecified atom stereocenters. The maximum absolute atomic E-state index is 10.6. The molecule has 0 heterocycles. The Balaban J connectivity index is 1.95. The van der Waals surface area contributed by atoms with Crippen molar-refractivity contribution in [3.63, 3.8) is 0 Å². The number of nitrogens with zero attached hydrogens (tertiary/aromatic N) is 2. The summed E-state index contributed by atoms with van der Waals surface area (Å²) in [5, 5.41) is 22.7.